The molecule has 4 aromatic rings. The van der Waals surface area contributed by atoms with Crippen LogP contribution in [0.5, 0.6) is 0 Å². The first kappa shape index (κ1) is 19.9. The van der Waals surface area contributed by atoms with Crippen LogP contribution in [0.3, 0.4) is 0 Å². The van der Waals surface area contributed by atoms with E-state index in [1.54, 1.807) is 22.8 Å². The number of rotatable bonds is 7. The number of aryl methyl sites for hydroxylation is 2. The minimum atomic E-state index is -1.04. The van der Waals surface area contributed by atoms with E-state index < -0.39 is 5.97 Å². The molecule has 2 heterocycles. The van der Waals surface area contributed by atoms with Gasteiger partial charge in [-0.05, 0) is 43.7 Å². The molecule has 6 heteroatoms. The second kappa shape index (κ2) is 8.16. The first-order chi connectivity index (χ1) is 14.4. The molecule has 0 atom stereocenters. The van der Waals surface area contributed by atoms with Crippen LogP contribution in [0.15, 0.2) is 59.0 Å². The smallest absolute Gasteiger partial charge is 0.352 e. The minimum absolute atomic E-state index is 0.144. The van der Waals surface area contributed by atoms with Crippen molar-refractivity contribution in [3.63, 3.8) is 0 Å². The maximum atomic E-state index is 14.3. The number of furan rings is 1. The van der Waals surface area contributed by atoms with Crippen LogP contribution in [0.4, 0.5) is 4.39 Å². The number of carboxylic acids is 1. The summed E-state index contributed by atoms with van der Waals surface area (Å²) in [6, 6.07) is 16.1. The van der Waals surface area contributed by atoms with E-state index in [4.69, 9.17) is 4.42 Å². The molecule has 30 heavy (non-hydrogen) atoms. The summed E-state index contributed by atoms with van der Waals surface area (Å²) in [4.78, 5) is 12.2. The fourth-order valence-corrected chi connectivity index (χ4v) is 3.81. The van der Waals surface area contributed by atoms with Crippen LogP contribution in [-0.4, -0.2) is 15.6 Å². The van der Waals surface area contributed by atoms with Crippen molar-refractivity contribution >= 4 is 16.9 Å². The Morgan fingerprint density at radius 1 is 1.10 bits per heavy atom. The van der Waals surface area contributed by atoms with Crippen molar-refractivity contribution in [2.45, 2.75) is 33.5 Å². The average molecular weight is 406 g/mol. The van der Waals surface area contributed by atoms with Gasteiger partial charge in [0.2, 0.25) is 0 Å². The van der Waals surface area contributed by atoms with Crippen molar-refractivity contribution in [2.24, 2.45) is 0 Å². The van der Waals surface area contributed by atoms with Crippen molar-refractivity contribution in [3.8, 4) is 0 Å². The van der Waals surface area contributed by atoms with Gasteiger partial charge in [0.1, 0.15) is 23.0 Å². The summed E-state index contributed by atoms with van der Waals surface area (Å²) in [7, 11) is 0. The van der Waals surface area contributed by atoms with E-state index >= 15 is 0 Å². The van der Waals surface area contributed by atoms with E-state index in [9.17, 15) is 14.3 Å². The number of benzene rings is 2. The molecule has 2 aromatic carbocycles. The van der Waals surface area contributed by atoms with Gasteiger partial charge in [0.25, 0.3) is 0 Å². The molecule has 4 rings (SSSR count). The highest BCUT2D eigenvalue weighted by Crippen LogP contribution is 2.29. The molecule has 0 spiro atoms. The number of halogens is 1. The van der Waals surface area contributed by atoms with Crippen LogP contribution >= 0.6 is 0 Å². The second-order valence-corrected chi connectivity index (χ2v) is 7.45. The first-order valence-electron chi connectivity index (χ1n) is 9.78. The lowest BCUT2D eigenvalue weighted by atomic mass is 10.1. The van der Waals surface area contributed by atoms with E-state index in [0.717, 1.165) is 28.0 Å². The quantitative estimate of drug-likeness (QED) is 0.452. The van der Waals surface area contributed by atoms with Gasteiger partial charge in [0.15, 0.2) is 0 Å². The summed E-state index contributed by atoms with van der Waals surface area (Å²) >= 11 is 0. The number of hydrogen-bond acceptors (Lipinski definition) is 3. The molecular formula is C24H23FN2O3. The largest absolute Gasteiger partial charge is 0.477 e. The Balaban J connectivity index is 1.76. The third kappa shape index (κ3) is 3.86. The van der Waals surface area contributed by atoms with Gasteiger partial charge in [-0.1, -0.05) is 30.3 Å². The predicted octanol–water partition coefficient (Wildman–Crippen LogP) is 5.03. The predicted molar refractivity (Wildman–Crippen MR) is 113 cm³/mol. The van der Waals surface area contributed by atoms with Gasteiger partial charge in [-0.15, -0.1) is 0 Å². The van der Waals surface area contributed by atoms with Crippen molar-refractivity contribution in [3.05, 3.63) is 94.3 Å². The van der Waals surface area contributed by atoms with Gasteiger partial charge in [-0.3, -0.25) is 0 Å². The van der Waals surface area contributed by atoms with E-state index in [0.29, 0.717) is 24.2 Å². The van der Waals surface area contributed by atoms with Crippen LogP contribution in [0, 0.1) is 19.7 Å². The lowest BCUT2D eigenvalue weighted by Gasteiger charge is -2.11. The third-order valence-corrected chi connectivity index (χ3v) is 5.21. The first-order valence-corrected chi connectivity index (χ1v) is 9.78. The molecule has 0 radical (unpaired) electrons. The Labute approximate surface area is 173 Å². The molecule has 2 aromatic heterocycles. The summed E-state index contributed by atoms with van der Waals surface area (Å²) in [5.74, 6) is 0.229. The van der Waals surface area contributed by atoms with E-state index in [2.05, 4.69) is 5.32 Å². The van der Waals surface area contributed by atoms with Gasteiger partial charge in [0.05, 0.1) is 13.1 Å². The molecule has 0 aliphatic carbocycles. The van der Waals surface area contributed by atoms with Crippen molar-refractivity contribution in [1.29, 1.82) is 0 Å². The van der Waals surface area contributed by atoms with Gasteiger partial charge in [-0.25, -0.2) is 9.18 Å². The molecule has 0 aliphatic heterocycles. The van der Waals surface area contributed by atoms with Crippen molar-refractivity contribution < 1.29 is 18.7 Å². The molecular weight excluding hydrogens is 383 g/mol. The fourth-order valence-electron chi connectivity index (χ4n) is 3.81. The number of nitrogens with one attached hydrogen (secondary N) is 1. The van der Waals surface area contributed by atoms with E-state index in [1.165, 1.54) is 6.07 Å². The monoisotopic (exact) mass is 406 g/mol. The highest BCUT2D eigenvalue weighted by atomic mass is 19.1. The van der Waals surface area contributed by atoms with Crippen molar-refractivity contribution in [1.82, 2.24) is 9.88 Å². The molecule has 0 aliphatic rings. The molecule has 154 valence electrons. The van der Waals surface area contributed by atoms with E-state index in [-0.39, 0.29) is 18.1 Å². The molecule has 0 amide bonds. The second-order valence-electron chi connectivity index (χ2n) is 7.45. The number of nitrogens with zero attached hydrogens (tertiary/aromatic N) is 1. The topological polar surface area (TPSA) is 67.4 Å². The molecule has 2 N–H and O–H groups in total. The maximum absolute atomic E-state index is 14.3. The van der Waals surface area contributed by atoms with Crippen LogP contribution in [0.2, 0.25) is 0 Å². The van der Waals surface area contributed by atoms with E-state index in [1.807, 2.05) is 44.2 Å². The lowest BCUT2D eigenvalue weighted by molar-refractivity contribution is 0.0684. The molecule has 5 nitrogen and oxygen atoms in total. The third-order valence-electron chi connectivity index (χ3n) is 5.21. The molecule has 0 fully saturated rings. The minimum Gasteiger partial charge on any atom is -0.477 e. The summed E-state index contributed by atoms with van der Waals surface area (Å²) in [6.07, 6.45) is 0. The zero-order chi connectivity index (χ0) is 21.3. The normalized spacial score (nSPS) is 11.3. The maximum Gasteiger partial charge on any atom is 0.352 e. The van der Waals surface area contributed by atoms with Crippen LogP contribution in [0.1, 0.15) is 38.7 Å². The summed E-state index contributed by atoms with van der Waals surface area (Å²) < 4.78 is 21.6. The summed E-state index contributed by atoms with van der Waals surface area (Å²) in [6.45, 7) is 4.82. The summed E-state index contributed by atoms with van der Waals surface area (Å²) in [5, 5.41) is 14.1. The number of aromatic nitrogens is 1. The molecule has 0 saturated carbocycles. The number of carbonyl (C=O) groups is 1. The van der Waals surface area contributed by atoms with Gasteiger partial charge < -0.3 is 19.4 Å². The Kier molecular flexibility index (Phi) is 5.42. The Bertz CT molecular complexity index is 1220. The Morgan fingerprint density at radius 3 is 2.60 bits per heavy atom. The SMILES string of the molecule is Cc1ccc2c(CNCc3ccc(C)o3)c(C(=O)O)n(Cc3ccccc3F)c2c1. The van der Waals surface area contributed by atoms with Gasteiger partial charge in [-0.2, -0.15) is 0 Å². The number of carboxylic acid groups (broad SMARTS) is 1. The molecule has 0 unspecified atom stereocenters. The Hall–Kier alpha value is -3.38. The Morgan fingerprint density at radius 2 is 1.90 bits per heavy atom. The standard InChI is InChI=1S/C24H23FN2O3/c1-15-7-10-19-20(13-26-12-18-9-8-16(2)30-18)23(24(28)29)27(22(19)11-15)14-17-5-3-4-6-21(17)25/h3-11,26H,12-14H2,1-2H3,(H,28,29). The van der Waals surface area contributed by atoms with Gasteiger partial charge in [0, 0.05) is 28.6 Å². The number of aromatic carboxylic acids is 1. The van der Waals surface area contributed by atoms with Crippen LogP contribution in [-0.2, 0) is 19.6 Å². The number of fused-ring (bicyclic) bond motifs is 1. The van der Waals surface area contributed by atoms with Crippen LogP contribution in [0.25, 0.3) is 10.9 Å². The molecule has 0 bridgehead atoms. The highest BCUT2D eigenvalue weighted by Gasteiger charge is 2.23. The lowest BCUT2D eigenvalue weighted by Crippen LogP contribution is -2.17. The highest BCUT2D eigenvalue weighted by molar-refractivity contribution is 5.98. The van der Waals surface area contributed by atoms with Crippen molar-refractivity contribution in [2.75, 3.05) is 0 Å². The zero-order valence-electron chi connectivity index (χ0n) is 16.9. The average Bonchev–Trinajstić information content (AvgIpc) is 3.25. The number of hydrogen-bond donors (Lipinski definition) is 2. The fraction of sp³-hybridized carbons (Fsp3) is 0.208. The zero-order valence-corrected chi connectivity index (χ0v) is 16.9. The van der Waals surface area contributed by atoms with Gasteiger partial charge >= 0.3 is 5.97 Å². The molecule has 0 saturated heterocycles. The summed E-state index contributed by atoms with van der Waals surface area (Å²) in [5.41, 5.74) is 3.08. The van der Waals surface area contributed by atoms with Crippen LogP contribution < -0.4 is 5.32 Å².